The van der Waals surface area contributed by atoms with E-state index in [0.717, 1.165) is 44.1 Å². The lowest BCUT2D eigenvalue weighted by atomic mass is 10.1. The summed E-state index contributed by atoms with van der Waals surface area (Å²) in [6.07, 6.45) is 0. The van der Waals surface area contributed by atoms with Gasteiger partial charge in [-0.05, 0) is 18.2 Å². The van der Waals surface area contributed by atoms with Crippen molar-refractivity contribution in [1.29, 1.82) is 0 Å². The SMILES string of the molecule is CC(=O)NC1C(=O)N(CCN2CCOCC2)c2ccc(Cl)cc21.[Cl-].[H+]. The van der Waals surface area contributed by atoms with E-state index in [4.69, 9.17) is 16.3 Å². The second-order valence-electron chi connectivity index (χ2n) is 5.78. The first kappa shape index (κ1) is 19.0. The summed E-state index contributed by atoms with van der Waals surface area (Å²) in [5.74, 6) is -0.338. The van der Waals surface area contributed by atoms with Crippen LogP contribution in [-0.2, 0) is 14.3 Å². The van der Waals surface area contributed by atoms with Crippen molar-refractivity contribution in [2.75, 3.05) is 44.3 Å². The van der Waals surface area contributed by atoms with Gasteiger partial charge in [-0.15, -0.1) is 0 Å². The van der Waals surface area contributed by atoms with Gasteiger partial charge in [0.25, 0.3) is 5.91 Å². The summed E-state index contributed by atoms with van der Waals surface area (Å²) in [4.78, 5) is 28.1. The normalized spacial score (nSPS) is 20.5. The van der Waals surface area contributed by atoms with Crippen LogP contribution in [0.4, 0.5) is 5.69 Å². The molecule has 2 aliphatic rings. The van der Waals surface area contributed by atoms with Crippen LogP contribution in [0.1, 0.15) is 20.0 Å². The third-order valence-electron chi connectivity index (χ3n) is 4.20. The number of nitrogens with one attached hydrogen (secondary N) is 1. The molecule has 1 N–H and O–H groups in total. The number of ether oxygens (including phenoxy) is 1. The summed E-state index contributed by atoms with van der Waals surface area (Å²) >= 11 is 6.05. The molecule has 1 unspecified atom stereocenters. The van der Waals surface area contributed by atoms with E-state index in [1.54, 1.807) is 17.0 Å². The molecule has 1 fully saturated rings. The number of halogens is 2. The fourth-order valence-corrected chi connectivity index (χ4v) is 3.23. The number of amides is 2. The quantitative estimate of drug-likeness (QED) is 0.684. The molecule has 2 amide bonds. The van der Waals surface area contributed by atoms with E-state index in [2.05, 4.69) is 10.2 Å². The fourth-order valence-electron chi connectivity index (χ4n) is 3.05. The van der Waals surface area contributed by atoms with Crippen LogP contribution in [0.5, 0.6) is 0 Å². The Morgan fingerprint density at radius 2 is 2.08 bits per heavy atom. The molecular formula is C16H21Cl2N3O3. The average Bonchev–Trinajstić information content (AvgIpc) is 2.78. The molecule has 2 aliphatic heterocycles. The van der Waals surface area contributed by atoms with Crippen molar-refractivity contribution >= 4 is 29.1 Å². The van der Waals surface area contributed by atoms with Gasteiger partial charge in [-0.3, -0.25) is 14.5 Å². The van der Waals surface area contributed by atoms with Crippen LogP contribution >= 0.6 is 11.6 Å². The van der Waals surface area contributed by atoms with Gasteiger partial charge in [0.15, 0.2) is 0 Å². The summed E-state index contributed by atoms with van der Waals surface area (Å²) < 4.78 is 5.34. The summed E-state index contributed by atoms with van der Waals surface area (Å²) in [5, 5.41) is 3.28. The van der Waals surface area contributed by atoms with Crippen LogP contribution in [0.2, 0.25) is 5.02 Å². The highest BCUT2D eigenvalue weighted by Crippen LogP contribution is 2.37. The molecule has 1 saturated heterocycles. The molecule has 0 spiro atoms. The summed E-state index contributed by atoms with van der Waals surface area (Å²) in [6.45, 7) is 6.00. The molecule has 6 nitrogen and oxygen atoms in total. The zero-order chi connectivity index (χ0) is 16.4. The molecule has 0 radical (unpaired) electrons. The van der Waals surface area contributed by atoms with E-state index in [1.807, 2.05) is 6.07 Å². The summed E-state index contributed by atoms with van der Waals surface area (Å²) in [7, 11) is 0. The van der Waals surface area contributed by atoms with Gasteiger partial charge in [-0.1, -0.05) is 11.6 Å². The molecule has 0 aromatic heterocycles. The van der Waals surface area contributed by atoms with Crippen molar-refractivity contribution in [2.24, 2.45) is 0 Å². The predicted octanol–water partition coefficient (Wildman–Crippen LogP) is -1.69. The van der Waals surface area contributed by atoms with E-state index in [9.17, 15) is 9.59 Å². The molecule has 24 heavy (non-hydrogen) atoms. The lowest BCUT2D eigenvalue weighted by Crippen LogP contribution is -3.00. The van der Waals surface area contributed by atoms with Crippen molar-refractivity contribution in [3.05, 3.63) is 28.8 Å². The van der Waals surface area contributed by atoms with Crippen LogP contribution in [-0.4, -0.2) is 56.1 Å². The highest BCUT2D eigenvalue weighted by molar-refractivity contribution is 6.31. The fraction of sp³-hybridized carbons (Fsp3) is 0.500. The Hall–Kier alpha value is -1.34. The van der Waals surface area contributed by atoms with Gasteiger partial charge < -0.3 is 27.4 Å². The van der Waals surface area contributed by atoms with Gasteiger partial charge in [-0.25, -0.2) is 0 Å². The minimum Gasteiger partial charge on any atom is -1.00 e. The molecule has 0 bridgehead atoms. The average molecular weight is 374 g/mol. The van der Waals surface area contributed by atoms with Crippen LogP contribution < -0.4 is 22.6 Å². The summed E-state index contributed by atoms with van der Waals surface area (Å²) in [5.41, 5.74) is 1.59. The van der Waals surface area contributed by atoms with Crippen LogP contribution in [0.15, 0.2) is 18.2 Å². The maximum Gasteiger partial charge on any atom is 1.00 e. The minimum absolute atomic E-state index is 0. The van der Waals surface area contributed by atoms with Crippen LogP contribution in [0, 0.1) is 0 Å². The number of nitrogens with zero attached hydrogens (tertiary/aromatic N) is 2. The number of benzene rings is 1. The standard InChI is InChI=1S/C16H20ClN3O3.ClH/c1-11(21)18-15-13-10-12(17)2-3-14(13)20(16(15)22)5-4-19-6-8-23-9-7-19;/h2-3,10,15H,4-9H2,1H3,(H,18,21);1H. The molecule has 0 aliphatic carbocycles. The Bertz CT molecular complexity index is 627. The molecule has 8 heteroatoms. The zero-order valence-corrected chi connectivity index (χ0v) is 14.9. The molecule has 0 saturated carbocycles. The Balaban J connectivity index is 0.00000156. The molecule has 1 aromatic rings. The Morgan fingerprint density at radius 1 is 1.38 bits per heavy atom. The highest BCUT2D eigenvalue weighted by Gasteiger charge is 2.37. The molecule has 1 atom stereocenters. The molecule has 132 valence electrons. The van der Waals surface area contributed by atoms with Gasteiger partial charge in [-0.2, -0.15) is 0 Å². The zero-order valence-electron chi connectivity index (χ0n) is 14.4. The second kappa shape index (κ2) is 8.16. The number of hydrogen-bond donors (Lipinski definition) is 1. The Labute approximate surface area is 154 Å². The van der Waals surface area contributed by atoms with Crippen molar-refractivity contribution in [1.82, 2.24) is 10.2 Å². The van der Waals surface area contributed by atoms with Gasteiger partial charge in [0.1, 0.15) is 6.04 Å². The largest absolute Gasteiger partial charge is 1.00 e. The van der Waals surface area contributed by atoms with Crippen molar-refractivity contribution < 1.29 is 28.2 Å². The van der Waals surface area contributed by atoms with Crippen molar-refractivity contribution in [3.8, 4) is 0 Å². The van der Waals surface area contributed by atoms with Gasteiger partial charge >= 0.3 is 1.43 Å². The number of morpholine rings is 1. The molecule has 3 rings (SSSR count). The second-order valence-corrected chi connectivity index (χ2v) is 6.22. The van der Waals surface area contributed by atoms with E-state index in [0.29, 0.717) is 11.6 Å². The lowest BCUT2D eigenvalue weighted by Gasteiger charge is -2.28. The number of carbonyl (C=O) groups excluding carboxylic acids is 2. The number of fused-ring (bicyclic) bond motifs is 1. The molecule has 1 aromatic carbocycles. The highest BCUT2D eigenvalue weighted by atomic mass is 35.5. The van der Waals surface area contributed by atoms with Crippen LogP contribution in [0.25, 0.3) is 0 Å². The predicted molar refractivity (Wildman–Crippen MR) is 88.7 cm³/mol. The maximum absolute atomic E-state index is 12.7. The minimum atomic E-state index is -0.647. The molecule has 2 heterocycles. The Morgan fingerprint density at radius 3 is 2.75 bits per heavy atom. The summed E-state index contributed by atoms with van der Waals surface area (Å²) in [6, 6.07) is 4.72. The smallest absolute Gasteiger partial charge is 1.00 e. The van der Waals surface area contributed by atoms with E-state index >= 15 is 0 Å². The number of rotatable bonds is 4. The number of hydrogen-bond acceptors (Lipinski definition) is 4. The number of anilines is 1. The first-order chi connectivity index (χ1) is 11.1. The first-order valence-corrected chi connectivity index (χ1v) is 8.12. The third kappa shape index (κ3) is 4.00. The maximum atomic E-state index is 12.7. The van der Waals surface area contributed by atoms with Gasteiger partial charge in [0, 0.05) is 49.4 Å². The van der Waals surface area contributed by atoms with Gasteiger partial charge in [0.2, 0.25) is 5.91 Å². The van der Waals surface area contributed by atoms with Crippen LogP contribution in [0.3, 0.4) is 0 Å². The van der Waals surface area contributed by atoms with Gasteiger partial charge in [0.05, 0.1) is 13.2 Å². The number of carbonyl (C=O) groups is 2. The lowest BCUT2D eigenvalue weighted by molar-refractivity contribution is -0.126. The van der Waals surface area contributed by atoms with Crippen molar-refractivity contribution in [2.45, 2.75) is 13.0 Å². The van der Waals surface area contributed by atoms with Crippen molar-refractivity contribution in [3.63, 3.8) is 0 Å². The topological polar surface area (TPSA) is 61.9 Å². The Kier molecular flexibility index (Phi) is 6.46. The van der Waals surface area contributed by atoms with E-state index < -0.39 is 6.04 Å². The first-order valence-electron chi connectivity index (χ1n) is 7.74. The monoisotopic (exact) mass is 373 g/mol. The van der Waals surface area contributed by atoms with E-state index in [-0.39, 0.29) is 25.6 Å². The third-order valence-corrected chi connectivity index (χ3v) is 4.43. The van der Waals surface area contributed by atoms with E-state index in [1.165, 1.54) is 6.92 Å². The molecular weight excluding hydrogens is 353 g/mol.